The van der Waals surface area contributed by atoms with Gasteiger partial charge in [0.15, 0.2) is 0 Å². The molecule has 1 aliphatic heterocycles. The third-order valence-corrected chi connectivity index (χ3v) is 2.18. The molecular formula is C11H19BF4N-. The quantitative estimate of drug-likeness (QED) is 0.401. The summed E-state index contributed by atoms with van der Waals surface area (Å²) in [4.78, 5) is 2.37. The van der Waals surface area contributed by atoms with E-state index in [9.17, 15) is 17.3 Å². The van der Waals surface area contributed by atoms with Gasteiger partial charge in [0.2, 0.25) is 0 Å². The van der Waals surface area contributed by atoms with E-state index in [1.54, 1.807) is 0 Å². The molecule has 0 aromatic carbocycles. The van der Waals surface area contributed by atoms with Gasteiger partial charge in [-0.05, 0) is 18.7 Å². The molecule has 1 nitrogen and oxygen atoms in total. The smallest absolute Gasteiger partial charge is 0.418 e. The first-order chi connectivity index (χ1) is 7.93. The van der Waals surface area contributed by atoms with E-state index in [1.807, 2.05) is 0 Å². The Bertz CT molecular complexity index is 232. The zero-order valence-electron chi connectivity index (χ0n) is 10.1. The maximum atomic E-state index is 9.75. The molecule has 0 N–H and O–H groups in total. The van der Waals surface area contributed by atoms with Crippen LogP contribution in [0.1, 0.15) is 32.6 Å². The lowest BCUT2D eigenvalue weighted by Gasteiger charge is -2.19. The summed E-state index contributed by atoms with van der Waals surface area (Å²) in [6, 6.07) is 0. The molecule has 0 amide bonds. The lowest BCUT2D eigenvalue weighted by atomic mass is 10.2. The Hall–Kier alpha value is -0.935. The molecule has 0 unspecified atom stereocenters. The molecule has 0 bridgehead atoms. The van der Waals surface area contributed by atoms with Gasteiger partial charge in [-0.15, -0.1) is 0 Å². The second kappa shape index (κ2) is 9.13. The molecule has 0 saturated carbocycles. The maximum Gasteiger partial charge on any atom is 0.673 e. The highest BCUT2D eigenvalue weighted by Gasteiger charge is 2.20. The fourth-order valence-electron chi connectivity index (χ4n) is 1.41. The van der Waals surface area contributed by atoms with E-state index in [1.165, 1.54) is 32.2 Å². The largest absolute Gasteiger partial charge is 0.673 e. The highest BCUT2D eigenvalue weighted by Crippen LogP contribution is 2.06. The molecule has 0 aromatic rings. The first kappa shape index (κ1) is 16.1. The van der Waals surface area contributed by atoms with Crippen molar-refractivity contribution in [3.63, 3.8) is 0 Å². The van der Waals surface area contributed by atoms with Crippen molar-refractivity contribution in [2.24, 2.45) is 0 Å². The van der Waals surface area contributed by atoms with Crippen molar-refractivity contribution in [1.29, 1.82) is 0 Å². The number of unbranched alkanes of at least 4 members (excludes halogenated alkanes) is 3. The Morgan fingerprint density at radius 2 is 1.71 bits per heavy atom. The highest BCUT2D eigenvalue weighted by atomic mass is 19.5. The summed E-state index contributed by atoms with van der Waals surface area (Å²) in [5.74, 6) is 0. The number of nitrogens with zero attached hydrogens (tertiary/aromatic N) is 1. The van der Waals surface area contributed by atoms with Crippen molar-refractivity contribution in [3.05, 3.63) is 24.4 Å². The zero-order chi connectivity index (χ0) is 13.1. The Morgan fingerprint density at radius 1 is 1.06 bits per heavy atom. The minimum absolute atomic E-state index is 1.10. The minimum atomic E-state index is -6.00. The monoisotopic (exact) mass is 252 g/mol. The van der Waals surface area contributed by atoms with Gasteiger partial charge in [-0.3, -0.25) is 0 Å². The molecule has 100 valence electrons. The first-order valence-corrected chi connectivity index (χ1v) is 5.88. The van der Waals surface area contributed by atoms with E-state index in [-0.39, 0.29) is 0 Å². The molecule has 0 saturated heterocycles. The standard InChI is InChI=1S/C11H19N.BF4/c1-2-3-4-6-9-12-10-7-5-8-11-12;2-1(3,4)5/h5,7-8,10H,2-4,6,9,11H2,1H3;/q;-1. The Labute approximate surface area is 100 Å². The molecule has 0 aliphatic carbocycles. The van der Waals surface area contributed by atoms with E-state index >= 15 is 0 Å². The van der Waals surface area contributed by atoms with Crippen molar-refractivity contribution in [3.8, 4) is 0 Å². The van der Waals surface area contributed by atoms with Gasteiger partial charge in [0.1, 0.15) is 0 Å². The molecule has 0 radical (unpaired) electrons. The van der Waals surface area contributed by atoms with Crippen LogP contribution in [-0.4, -0.2) is 25.2 Å². The molecule has 6 heteroatoms. The van der Waals surface area contributed by atoms with Crippen LogP contribution in [0.5, 0.6) is 0 Å². The van der Waals surface area contributed by atoms with Crippen LogP contribution in [0.15, 0.2) is 24.4 Å². The molecule has 0 spiro atoms. The van der Waals surface area contributed by atoms with Crippen LogP contribution in [0, 0.1) is 0 Å². The normalized spacial score (nSPS) is 14.5. The molecule has 1 aliphatic rings. The second-order valence-electron chi connectivity index (χ2n) is 3.82. The average Bonchev–Trinajstić information content (AvgIpc) is 2.24. The van der Waals surface area contributed by atoms with Gasteiger partial charge >= 0.3 is 7.25 Å². The van der Waals surface area contributed by atoms with Gasteiger partial charge in [-0.2, -0.15) is 0 Å². The summed E-state index contributed by atoms with van der Waals surface area (Å²) in [6.45, 7) is 4.58. The number of allylic oxidation sites excluding steroid dienone is 2. The van der Waals surface area contributed by atoms with Gasteiger partial charge in [-0.25, -0.2) is 0 Å². The molecule has 0 aromatic heterocycles. The summed E-state index contributed by atoms with van der Waals surface area (Å²) in [5, 5.41) is 0. The number of hydrogen-bond donors (Lipinski definition) is 0. The number of rotatable bonds is 5. The third-order valence-electron chi connectivity index (χ3n) is 2.18. The van der Waals surface area contributed by atoms with Gasteiger partial charge in [0.25, 0.3) is 0 Å². The summed E-state index contributed by atoms with van der Waals surface area (Å²) < 4.78 is 39.0. The summed E-state index contributed by atoms with van der Waals surface area (Å²) in [6.07, 6.45) is 14.1. The van der Waals surface area contributed by atoms with E-state index in [4.69, 9.17) is 0 Å². The van der Waals surface area contributed by atoms with Crippen molar-refractivity contribution in [2.45, 2.75) is 32.6 Å². The number of halogens is 4. The molecule has 17 heavy (non-hydrogen) atoms. The lowest BCUT2D eigenvalue weighted by Crippen LogP contribution is -2.19. The van der Waals surface area contributed by atoms with Crippen molar-refractivity contribution < 1.29 is 17.3 Å². The van der Waals surface area contributed by atoms with E-state index in [0.717, 1.165) is 6.54 Å². The van der Waals surface area contributed by atoms with Crippen molar-refractivity contribution >= 4 is 7.25 Å². The SMILES string of the molecule is CCCCCCN1C=CC=CC1.F[B-](F)(F)F. The van der Waals surface area contributed by atoms with Gasteiger partial charge in [0.05, 0.1) is 0 Å². The Balaban J connectivity index is 0.000000437. The van der Waals surface area contributed by atoms with E-state index in [0.29, 0.717) is 0 Å². The van der Waals surface area contributed by atoms with Crippen LogP contribution >= 0.6 is 0 Å². The molecule has 0 fully saturated rings. The molecule has 1 rings (SSSR count). The topological polar surface area (TPSA) is 3.24 Å². The molecule has 1 heterocycles. The third kappa shape index (κ3) is 15.1. The zero-order valence-corrected chi connectivity index (χ0v) is 10.1. The van der Waals surface area contributed by atoms with E-state index < -0.39 is 7.25 Å². The predicted octanol–water partition coefficient (Wildman–Crippen LogP) is 4.25. The highest BCUT2D eigenvalue weighted by molar-refractivity contribution is 6.50. The number of hydrogen-bond acceptors (Lipinski definition) is 1. The fraction of sp³-hybridized carbons (Fsp3) is 0.636. The molecular weight excluding hydrogens is 233 g/mol. The maximum absolute atomic E-state index is 9.75. The summed E-state index contributed by atoms with van der Waals surface area (Å²) >= 11 is 0. The Morgan fingerprint density at radius 3 is 2.18 bits per heavy atom. The van der Waals surface area contributed by atoms with Crippen LogP contribution in [0.4, 0.5) is 17.3 Å². The van der Waals surface area contributed by atoms with Gasteiger partial charge in [-0.1, -0.05) is 38.3 Å². The van der Waals surface area contributed by atoms with Crippen LogP contribution in [-0.2, 0) is 0 Å². The van der Waals surface area contributed by atoms with E-state index in [2.05, 4.69) is 36.3 Å². The summed E-state index contributed by atoms with van der Waals surface area (Å²) in [7, 11) is -6.00. The van der Waals surface area contributed by atoms with Gasteiger partial charge < -0.3 is 22.2 Å². The second-order valence-corrected chi connectivity index (χ2v) is 3.82. The van der Waals surface area contributed by atoms with Crippen molar-refractivity contribution in [1.82, 2.24) is 4.90 Å². The fourth-order valence-corrected chi connectivity index (χ4v) is 1.41. The average molecular weight is 252 g/mol. The van der Waals surface area contributed by atoms with Crippen LogP contribution < -0.4 is 0 Å². The first-order valence-electron chi connectivity index (χ1n) is 5.88. The van der Waals surface area contributed by atoms with Crippen molar-refractivity contribution in [2.75, 3.05) is 13.1 Å². The van der Waals surface area contributed by atoms with Crippen LogP contribution in [0.2, 0.25) is 0 Å². The Kier molecular flexibility index (Phi) is 8.63. The molecule has 0 atom stereocenters. The summed E-state index contributed by atoms with van der Waals surface area (Å²) in [5.41, 5.74) is 0. The van der Waals surface area contributed by atoms with Crippen LogP contribution in [0.25, 0.3) is 0 Å². The van der Waals surface area contributed by atoms with Gasteiger partial charge in [0, 0.05) is 13.1 Å². The minimum Gasteiger partial charge on any atom is -0.418 e. The predicted molar refractivity (Wildman–Crippen MR) is 64.2 cm³/mol. The van der Waals surface area contributed by atoms with Crippen LogP contribution in [0.3, 0.4) is 0 Å². The lowest BCUT2D eigenvalue weighted by molar-refractivity contribution is 0.368.